The van der Waals surface area contributed by atoms with E-state index in [-0.39, 0.29) is 30.5 Å². The third kappa shape index (κ3) is 3.16. The van der Waals surface area contributed by atoms with Crippen molar-refractivity contribution in [2.24, 2.45) is 11.7 Å². The molecule has 2 rings (SSSR count). The van der Waals surface area contributed by atoms with Gasteiger partial charge in [0.2, 0.25) is 0 Å². The van der Waals surface area contributed by atoms with Gasteiger partial charge in [-0.25, -0.2) is 0 Å². The minimum absolute atomic E-state index is 0. The molecule has 1 amide bonds. The highest BCUT2D eigenvalue weighted by molar-refractivity contribution is 5.85. The van der Waals surface area contributed by atoms with Crippen molar-refractivity contribution in [1.29, 1.82) is 0 Å². The lowest BCUT2D eigenvalue weighted by molar-refractivity contribution is -0.143. The third-order valence-corrected chi connectivity index (χ3v) is 4.12. The topological polar surface area (TPSA) is 55.6 Å². The molecule has 5 heteroatoms. The van der Waals surface area contributed by atoms with E-state index in [1.54, 1.807) is 0 Å². The lowest BCUT2D eigenvalue weighted by atomic mass is 10.1. The van der Waals surface area contributed by atoms with Gasteiger partial charge >= 0.3 is 0 Å². The van der Waals surface area contributed by atoms with Crippen molar-refractivity contribution in [2.75, 3.05) is 13.1 Å². The van der Waals surface area contributed by atoms with E-state index in [4.69, 9.17) is 10.5 Å². The van der Waals surface area contributed by atoms with Gasteiger partial charge in [0, 0.05) is 12.6 Å². The van der Waals surface area contributed by atoms with Crippen LogP contribution in [-0.4, -0.2) is 42.1 Å². The first-order chi connectivity index (χ1) is 8.15. The van der Waals surface area contributed by atoms with Crippen molar-refractivity contribution in [3.8, 4) is 0 Å². The van der Waals surface area contributed by atoms with E-state index in [1.165, 1.54) is 0 Å². The van der Waals surface area contributed by atoms with Crippen LogP contribution in [0.15, 0.2) is 0 Å². The lowest BCUT2D eigenvalue weighted by Gasteiger charge is -2.25. The molecule has 2 fully saturated rings. The molecule has 4 nitrogen and oxygen atoms in total. The van der Waals surface area contributed by atoms with Crippen molar-refractivity contribution >= 4 is 18.3 Å². The van der Waals surface area contributed by atoms with E-state index in [2.05, 4.69) is 13.8 Å². The normalized spacial score (nSPS) is 35.6. The highest BCUT2D eigenvalue weighted by Gasteiger charge is 2.38. The summed E-state index contributed by atoms with van der Waals surface area (Å²) >= 11 is 0. The summed E-state index contributed by atoms with van der Waals surface area (Å²) in [6.45, 7) is 5.71. The van der Waals surface area contributed by atoms with Crippen LogP contribution in [0.1, 0.15) is 39.5 Å². The van der Waals surface area contributed by atoms with Gasteiger partial charge in [-0.2, -0.15) is 0 Å². The number of rotatable bonds is 3. The Bertz CT molecular complexity index is 288. The molecule has 0 aliphatic carbocycles. The number of ether oxygens (including phenoxy) is 1. The SMILES string of the molecule is CCC1CCC(C(=O)N2CC(CN)CC2C)O1.Cl. The summed E-state index contributed by atoms with van der Waals surface area (Å²) in [4.78, 5) is 14.3. The molecule has 0 aromatic carbocycles. The van der Waals surface area contributed by atoms with E-state index in [1.807, 2.05) is 4.90 Å². The number of amides is 1. The van der Waals surface area contributed by atoms with Crippen molar-refractivity contribution in [3.05, 3.63) is 0 Å². The molecule has 2 heterocycles. The number of hydrogen-bond acceptors (Lipinski definition) is 3. The highest BCUT2D eigenvalue weighted by atomic mass is 35.5. The van der Waals surface area contributed by atoms with Gasteiger partial charge < -0.3 is 15.4 Å². The van der Waals surface area contributed by atoms with Gasteiger partial charge in [-0.05, 0) is 45.1 Å². The summed E-state index contributed by atoms with van der Waals surface area (Å²) in [5.74, 6) is 0.654. The Labute approximate surface area is 116 Å². The number of likely N-dealkylation sites (tertiary alicyclic amines) is 1. The Morgan fingerprint density at radius 2 is 2.17 bits per heavy atom. The minimum atomic E-state index is -0.195. The summed E-state index contributed by atoms with van der Waals surface area (Å²) in [6, 6.07) is 0.320. The van der Waals surface area contributed by atoms with Crippen LogP contribution in [0, 0.1) is 5.92 Å². The maximum atomic E-state index is 12.3. The van der Waals surface area contributed by atoms with Crippen molar-refractivity contribution in [1.82, 2.24) is 4.90 Å². The monoisotopic (exact) mass is 276 g/mol. The van der Waals surface area contributed by atoms with Gasteiger partial charge in [-0.3, -0.25) is 4.79 Å². The van der Waals surface area contributed by atoms with Gasteiger partial charge in [-0.1, -0.05) is 6.92 Å². The second kappa shape index (κ2) is 6.73. The van der Waals surface area contributed by atoms with Gasteiger partial charge in [0.05, 0.1) is 6.10 Å². The molecule has 0 radical (unpaired) electrons. The zero-order chi connectivity index (χ0) is 12.4. The van der Waals surface area contributed by atoms with E-state index < -0.39 is 0 Å². The molecule has 18 heavy (non-hydrogen) atoms. The molecule has 2 saturated heterocycles. The predicted molar refractivity (Wildman–Crippen MR) is 73.8 cm³/mol. The molecular formula is C13H25ClN2O2. The Morgan fingerprint density at radius 1 is 1.44 bits per heavy atom. The Kier molecular flexibility index (Phi) is 5.89. The summed E-state index contributed by atoms with van der Waals surface area (Å²) in [6.07, 6.45) is 4.03. The van der Waals surface area contributed by atoms with Gasteiger partial charge in [0.15, 0.2) is 0 Å². The van der Waals surface area contributed by atoms with Crippen LogP contribution in [-0.2, 0) is 9.53 Å². The van der Waals surface area contributed by atoms with E-state index in [0.717, 1.165) is 32.2 Å². The molecule has 0 bridgehead atoms. The fraction of sp³-hybridized carbons (Fsp3) is 0.923. The average molecular weight is 277 g/mol. The minimum Gasteiger partial charge on any atom is -0.365 e. The van der Waals surface area contributed by atoms with E-state index in [0.29, 0.717) is 18.5 Å². The van der Waals surface area contributed by atoms with Gasteiger partial charge in [-0.15, -0.1) is 12.4 Å². The Balaban J connectivity index is 0.00000162. The maximum absolute atomic E-state index is 12.3. The quantitative estimate of drug-likeness (QED) is 0.851. The van der Waals surface area contributed by atoms with Crippen LogP contribution >= 0.6 is 12.4 Å². The number of halogens is 1. The van der Waals surface area contributed by atoms with E-state index in [9.17, 15) is 4.79 Å². The first-order valence-electron chi connectivity index (χ1n) is 6.81. The fourth-order valence-electron chi connectivity index (χ4n) is 2.99. The van der Waals surface area contributed by atoms with Crippen LogP contribution < -0.4 is 5.73 Å². The molecular weight excluding hydrogens is 252 g/mol. The smallest absolute Gasteiger partial charge is 0.251 e. The highest BCUT2D eigenvalue weighted by Crippen LogP contribution is 2.28. The van der Waals surface area contributed by atoms with Crippen LogP contribution in [0.25, 0.3) is 0 Å². The number of nitrogens with zero attached hydrogens (tertiary/aromatic N) is 1. The van der Waals surface area contributed by atoms with Crippen molar-refractivity contribution in [2.45, 2.75) is 57.8 Å². The van der Waals surface area contributed by atoms with Gasteiger partial charge in [0.25, 0.3) is 5.91 Å². The zero-order valence-electron chi connectivity index (χ0n) is 11.3. The summed E-state index contributed by atoms with van der Waals surface area (Å²) in [5, 5.41) is 0. The first-order valence-corrected chi connectivity index (χ1v) is 6.81. The number of hydrogen-bond donors (Lipinski definition) is 1. The molecule has 0 aromatic heterocycles. The largest absolute Gasteiger partial charge is 0.365 e. The number of carbonyl (C=O) groups is 1. The first kappa shape index (κ1) is 15.7. The van der Waals surface area contributed by atoms with Crippen LogP contribution in [0.3, 0.4) is 0 Å². The fourth-order valence-corrected chi connectivity index (χ4v) is 2.99. The van der Waals surface area contributed by atoms with Crippen molar-refractivity contribution < 1.29 is 9.53 Å². The van der Waals surface area contributed by atoms with Crippen LogP contribution in [0.5, 0.6) is 0 Å². The predicted octanol–water partition coefficient (Wildman–Crippen LogP) is 1.56. The second-order valence-electron chi connectivity index (χ2n) is 5.41. The molecule has 4 atom stereocenters. The molecule has 0 spiro atoms. The van der Waals surface area contributed by atoms with Crippen LogP contribution in [0.4, 0.5) is 0 Å². The van der Waals surface area contributed by atoms with Crippen molar-refractivity contribution in [3.63, 3.8) is 0 Å². The molecule has 2 aliphatic heterocycles. The Hall–Kier alpha value is -0.320. The zero-order valence-corrected chi connectivity index (χ0v) is 12.1. The number of nitrogens with two attached hydrogens (primary N) is 1. The van der Waals surface area contributed by atoms with Crippen LogP contribution in [0.2, 0.25) is 0 Å². The average Bonchev–Trinajstić information content (AvgIpc) is 2.94. The maximum Gasteiger partial charge on any atom is 0.251 e. The van der Waals surface area contributed by atoms with Gasteiger partial charge in [0.1, 0.15) is 6.10 Å². The molecule has 2 N–H and O–H groups in total. The van der Waals surface area contributed by atoms with E-state index >= 15 is 0 Å². The molecule has 4 unspecified atom stereocenters. The summed E-state index contributed by atoms with van der Waals surface area (Å²) < 4.78 is 5.78. The second-order valence-corrected chi connectivity index (χ2v) is 5.41. The summed E-state index contributed by atoms with van der Waals surface area (Å²) in [5.41, 5.74) is 5.69. The Morgan fingerprint density at radius 3 is 2.67 bits per heavy atom. The molecule has 106 valence electrons. The molecule has 0 saturated carbocycles. The molecule has 0 aromatic rings. The standard InChI is InChI=1S/C13H24N2O2.ClH/c1-3-11-4-5-12(17-11)13(16)15-8-10(7-14)6-9(15)2;/h9-12H,3-8,14H2,1-2H3;1H. The summed E-state index contributed by atoms with van der Waals surface area (Å²) in [7, 11) is 0. The number of carbonyl (C=O) groups excluding carboxylic acids is 1. The third-order valence-electron chi connectivity index (χ3n) is 4.12. The lowest BCUT2D eigenvalue weighted by Crippen LogP contribution is -2.41. The molecule has 2 aliphatic rings.